The molecule has 1 aromatic carbocycles. The van der Waals surface area contributed by atoms with Crippen molar-refractivity contribution in [3.05, 3.63) is 29.6 Å². The first-order valence-electron chi connectivity index (χ1n) is 7.22. The standard InChI is InChI=1S/C15H22FNO3S/c1-11(2)20-13-6-8-17(9-7-13)21(18,19)14-4-5-15(16)12(3)10-14/h4-5,10-11,13H,6-9H2,1-3H3. The van der Waals surface area contributed by atoms with Crippen molar-refractivity contribution in [3.8, 4) is 0 Å². The third-order valence-corrected chi connectivity index (χ3v) is 5.53. The highest BCUT2D eigenvalue weighted by Crippen LogP contribution is 2.23. The van der Waals surface area contributed by atoms with Gasteiger partial charge < -0.3 is 4.74 Å². The summed E-state index contributed by atoms with van der Waals surface area (Å²) in [5, 5.41) is 0. The number of rotatable bonds is 4. The molecule has 0 aromatic heterocycles. The molecule has 0 amide bonds. The molecule has 1 saturated heterocycles. The van der Waals surface area contributed by atoms with Gasteiger partial charge in [0.25, 0.3) is 0 Å². The summed E-state index contributed by atoms with van der Waals surface area (Å²) in [7, 11) is -3.54. The molecule has 1 aliphatic heterocycles. The van der Waals surface area contributed by atoms with Crippen molar-refractivity contribution in [1.29, 1.82) is 0 Å². The van der Waals surface area contributed by atoms with Crippen LogP contribution in [0.5, 0.6) is 0 Å². The van der Waals surface area contributed by atoms with Crippen LogP contribution in [0.25, 0.3) is 0 Å². The van der Waals surface area contributed by atoms with Gasteiger partial charge in [-0.1, -0.05) is 0 Å². The Morgan fingerprint density at radius 1 is 1.29 bits per heavy atom. The maximum Gasteiger partial charge on any atom is 0.243 e. The zero-order valence-corrected chi connectivity index (χ0v) is 13.5. The van der Waals surface area contributed by atoms with Crippen molar-refractivity contribution in [2.75, 3.05) is 13.1 Å². The van der Waals surface area contributed by atoms with Crippen molar-refractivity contribution < 1.29 is 17.5 Å². The molecule has 1 aliphatic rings. The molecule has 6 heteroatoms. The topological polar surface area (TPSA) is 46.6 Å². The van der Waals surface area contributed by atoms with Gasteiger partial charge in [0.2, 0.25) is 10.0 Å². The third-order valence-electron chi connectivity index (χ3n) is 3.63. The largest absolute Gasteiger partial charge is 0.375 e. The van der Waals surface area contributed by atoms with Gasteiger partial charge in [0.05, 0.1) is 17.1 Å². The Balaban J connectivity index is 2.09. The summed E-state index contributed by atoms with van der Waals surface area (Å²) in [6.45, 7) is 6.40. The lowest BCUT2D eigenvalue weighted by atomic mass is 10.1. The fourth-order valence-electron chi connectivity index (χ4n) is 2.52. The summed E-state index contributed by atoms with van der Waals surface area (Å²) < 4.78 is 45.5. The summed E-state index contributed by atoms with van der Waals surface area (Å²) >= 11 is 0. The molecule has 2 rings (SSSR count). The van der Waals surface area contributed by atoms with E-state index in [0.29, 0.717) is 31.5 Å². The van der Waals surface area contributed by atoms with Crippen LogP contribution in [0.3, 0.4) is 0 Å². The van der Waals surface area contributed by atoms with Gasteiger partial charge in [0, 0.05) is 13.1 Å². The molecule has 0 unspecified atom stereocenters. The summed E-state index contributed by atoms with van der Waals surface area (Å²) in [4.78, 5) is 0.157. The number of sulfonamides is 1. The zero-order valence-electron chi connectivity index (χ0n) is 12.7. The highest BCUT2D eigenvalue weighted by atomic mass is 32.2. The molecular formula is C15H22FNO3S. The number of piperidine rings is 1. The summed E-state index contributed by atoms with van der Waals surface area (Å²) in [5.74, 6) is -0.391. The number of benzene rings is 1. The monoisotopic (exact) mass is 315 g/mol. The Hall–Kier alpha value is -0.980. The summed E-state index contributed by atoms with van der Waals surface area (Å²) in [6, 6.07) is 3.92. The minimum absolute atomic E-state index is 0.117. The molecule has 0 aliphatic carbocycles. The van der Waals surface area contributed by atoms with Crippen LogP contribution in [-0.2, 0) is 14.8 Å². The van der Waals surface area contributed by atoms with E-state index in [1.54, 1.807) is 6.92 Å². The average Bonchev–Trinajstić information content (AvgIpc) is 2.41. The molecule has 4 nitrogen and oxygen atoms in total. The Morgan fingerprint density at radius 2 is 1.90 bits per heavy atom. The molecule has 0 spiro atoms. The van der Waals surface area contributed by atoms with E-state index < -0.39 is 15.8 Å². The van der Waals surface area contributed by atoms with E-state index in [0.717, 1.165) is 0 Å². The van der Waals surface area contributed by atoms with Gasteiger partial charge >= 0.3 is 0 Å². The fourth-order valence-corrected chi connectivity index (χ4v) is 4.08. The second kappa shape index (κ2) is 6.42. The van der Waals surface area contributed by atoms with Crippen molar-refractivity contribution in [3.63, 3.8) is 0 Å². The second-order valence-electron chi connectivity index (χ2n) is 5.70. The molecular weight excluding hydrogens is 293 g/mol. The predicted molar refractivity (Wildman–Crippen MR) is 79.1 cm³/mol. The molecule has 0 bridgehead atoms. The average molecular weight is 315 g/mol. The molecule has 1 aromatic rings. The van der Waals surface area contributed by atoms with Crippen LogP contribution in [0.2, 0.25) is 0 Å². The van der Waals surface area contributed by atoms with Crippen molar-refractivity contribution >= 4 is 10.0 Å². The van der Waals surface area contributed by atoms with E-state index in [1.807, 2.05) is 13.8 Å². The summed E-state index contributed by atoms with van der Waals surface area (Å²) in [5.41, 5.74) is 0.342. The molecule has 118 valence electrons. The van der Waals surface area contributed by atoms with Crippen molar-refractivity contribution in [2.24, 2.45) is 0 Å². The van der Waals surface area contributed by atoms with Crippen LogP contribution >= 0.6 is 0 Å². The molecule has 0 N–H and O–H groups in total. The minimum Gasteiger partial charge on any atom is -0.375 e. The van der Waals surface area contributed by atoms with Crippen molar-refractivity contribution in [1.82, 2.24) is 4.31 Å². The Bertz CT molecular complexity index is 593. The number of halogens is 1. The lowest BCUT2D eigenvalue weighted by Gasteiger charge is -2.32. The van der Waals surface area contributed by atoms with Gasteiger partial charge in [0.1, 0.15) is 5.82 Å². The van der Waals surface area contributed by atoms with Crippen LogP contribution < -0.4 is 0 Å². The van der Waals surface area contributed by atoms with Gasteiger partial charge in [-0.05, 0) is 57.4 Å². The number of hydrogen-bond acceptors (Lipinski definition) is 3. The maximum absolute atomic E-state index is 13.3. The number of hydrogen-bond donors (Lipinski definition) is 0. The lowest BCUT2D eigenvalue weighted by Crippen LogP contribution is -2.41. The van der Waals surface area contributed by atoms with Gasteiger partial charge in [-0.3, -0.25) is 0 Å². The van der Waals surface area contributed by atoms with Crippen LogP contribution in [-0.4, -0.2) is 38.0 Å². The first kappa shape index (κ1) is 16.4. The maximum atomic E-state index is 13.3. The Labute approximate surface area is 126 Å². The molecule has 1 fully saturated rings. The lowest BCUT2D eigenvalue weighted by molar-refractivity contribution is -0.0168. The number of ether oxygens (including phenoxy) is 1. The normalized spacial score (nSPS) is 18.3. The molecule has 0 saturated carbocycles. The highest BCUT2D eigenvalue weighted by molar-refractivity contribution is 7.89. The smallest absolute Gasteiger partial charge is 0.243 e. The van der Waals surface area contributed by atoms with E-state index in [1.165, 1.54) is 22.5 Å². The second-order valence-corrected chi connectivity index (χ2v) is 7.64. The Kier molecular flexibility index (Phi) is 5.01. The quantitative estimate of drug-likeness (QED) is 0.858. The van der Waals surface area contributed by atoms with Gasteiger partial charge in [-0.2, -0.15) is 4.31 Å². The summed E-state index contributed by atoms with van der Waals surface area (Å²) in [6.07, 6.45) is 1.65. The predicted octanol–water partition coefficient (Wildman–Crippen LogP) is 2.71. The molecule has 0 radical (unpaired) electrons. The minimum atomic E-state index is -3.54. The van der Waals surface area contributed by atoms with Gasteiger partial charge in [0.15, 0.2) is 0 Å². The van der Waals surface area contributed by atoms with Gasteiger partial charge in [-0.15, -0.1) is 0 Å². The van der Waals surface area contributed by atoms with Crippen molar-refractivity contribution in [2.45, 2.75) is 50.7 Å². The molecule has 1 heterocycles. The van der Waals surface area contributed by atoms with E-state index in [2.05, 4.69) is 0 Å². The number of aryl methyl sites for hydroxylation is 1. The van der Waals surface area contributed by atoms with E-state index in [4.69, 9.17) is 4.74 Å². The van der Waals surface area contributed by atoms with E-state index in [-0.39, 0.29) is 17.1 Å². The van der Waals surface area contributed by atoms with Crippen LogP contribution in [0.4, 0.5) is 4.39 Å². The third kappa shape index (κ3) is 3.81. The first-order chi connectivity index (χ1) is 9.80. The van der Waals surface area contributed by atoms with Crippen LogP contribution in [0, 0.1) is 12.7 Å². The van der Waals surface area contributed by atoms with Gasteiger partial charge in [-0.25, -0.2) is 12.8 Å². The molecule has 21 heavy (non-hydrogen) atoms. The SMILES string of the molecule is Cc1cc(S(=O)(=O)N2CCC(OC(C)C)CC2)ccc1F. The zero-order chi connectivity index (χ0) is 15.6. The first-order valence-corrected chi connectivity index (χ1v) is 8.66. The fraction of sp³-hybridized carbons (Fsp3) is 0.600. The number of nitrogens with zero attached hydrogens (tertiary/aromatic N) is 1. The van der Waals surface area contributed by atoms with Crippen LogP contribution in [0.1, 0.15) is 32.3 Å². The van der Waals surface area contributed by atoms with Crippen LogP contribution in [0.15, 0.2) is 23.1 Å². The highest BCUT2D eigenvalue weighted by Gasteiger charge is 2.30. The molecule has 0 atom stereocenters. The van der Waals surface area contributed by atoms with E-state index >= 15 is 0 Å². The van der Waals surface area contributed by atoms with E-state index in [9.17, 15) is 12.8 Å². The Morgan fingerprint density at radius 3 is 2.43 bits per heavy atom.